The molecule has 174 valence electrons. The number of carbonyl (C=O) groups excluding carboxylic acids is 1. The summed E-state index contributed by atoms with van der Waals surface area (Å²) in [4.78, 5) is 22.8. The van der Waals surface area contributed by atoms with Crippen molar-refractivity contribution in [2.75, 3.05) is 24.6 Å². The van der Waals surface area contributed by atoms with Crippen LogP contribution >= 0.6 is 11.3 Å². The Morgan fingerprint density at radius 1 is 1.30 bits per heavy atom. The fraction of sp³-hybridized carbons (Fsp3) is 0.348. The smallest absolute Gasteiger partial charge is 0.272 e. The summed E-state index contributed by atoms with van der Waals surface area (Å²) >= 11 is 1.30. The Labute approximate surface area is 194 Å². The predicted octanol–water partition coefficient (Wildman–Crippen LogP) is 4.33. The van der Waals surface area contributed by atoms with Crippen LogP contribution in [0.2, 0.25) is 0 Å². The summed E-state index contributed by atoms with van der Waals surface area (Å²) in [5.41, 5.74) is 3.47. The van der Waals surface area contributed by atoms with E-state index in [0.717, 1.165) is 30.0 Å². The molecule has 0 aliphatic carbocycles. The Bertz CT molecular complexity index is 1050. The molecule has 1 amide bonds. The van der Waals surface area contributed by atoms with Crippen molar-refractivity contribution in [3.05, 3.63) is 64.7 Å². The van der Waals surface area contributed by atoms with Gasteiger partial charge in [0.25, 0.3) is 12.3 Å². The maximum Gasteiger partial charge on any atom is 0.272 e. The molecule has 2 atom stereocenters. The van der Waals surface area contributed by atoms with Gasteiger partial charge in [-0.2, -0.15) is 0 Å². The van der Waals surface area contributed by atoms with Crippen molar-refractivity contribution < 1.29 is 23.0 Å². The number of ether oxygens (including phenoxy) is 2. The van der Waals surface area contributed by atoms with Crippen molar-refractivity contribution in [2.24, 2.45) is 0 Å². The molecule has 7 nitrogen and oxygen atoms in total. The van der Waals surface area contributed by atoms with Gasteiger partial charge in [-0.05, 0) is 30.7 Å². The number of benzene rings is 1. The summed E-state index contributed by atoms with van der Waals surface area (Å²) in [6.45, 7) is 2.70. The fourth-order valence-corrected chi connectivity index (χ4v) is 4.11. The molecule has 0 spiro atoms. The van der Waals surface area contributed by atoms with Gasteiger partial charge in [0, 0.05) is 30.9 Å². The highest BCUT2D eigenvalue weighted by atomic mass is 32.1. The van der Waals surface area contributed by atoms with E-state index in [4.69, 9.17) is 9.47 Å². The molecule has 1 aromatic carbocycles. The Balaban J connectivity index is 1.29. The number of pyridine rings is 1. The zero-order chi connectivity index (χ0) is 23.2. The number of amides is 1. The van der Waals surface area contributed by atoms with E-state index in [9.17, 15) is 13.6 Å². The van der Waals surface area contributed by atoms with Crippen LogP contribution in [-0.4, -0.2) is 48.1 Å². The number of anilines is 1. The SMILES string of the molecule is C[C@H](NC(=O)c1cncs1)c1ccc(OC2CCN(c3ccnc(OCC(F)F)c3)C2)cc1. The highest BCUT2D eigenvalue weighted by Gasteiger charge is 2.25. The quantitative estimate of drug-likeness (QED) is 0.498. The summed E-state index contributed by atoms with van der Waals surface area (Å²) < 4.78 is 35.9. The average Bonchev–Trinajstić information content (AvgIpc) is 3.51. The first-order valence-electron chi connectivity index (χ1n) is 10.6. The summed E-state index contributed by atoms with van der Waals surface area (Å²) in [5.74, 6) is 0.793. The van der Waals surface area contributed by atoms with Gasteiger partial charge in [-0.3, -0.25) is 9.78 Å². The zero-order valence-corrected chi connectivity index (χ0v) is 18.8. The van der Waals surface area contributed by atoms with Crippen molar-refractivity contribution in [3.8, 4) is 11.6 Å². The predicted molar refractivity (Wildman–Crippen MR) is 121 cm³/mol. The summed E-state index contributed by atoms with van der Waals surface area (Å²) in [6, 6.07) is 11.0. The van der Waals surface area contributed by atoms with E-state index in [1.165, 1.54) is 11.3 Å². The summed E-state index contributed by atoms with van der Waals surface area (Å²) in [5, 5.41) is 2.96. The number of carbonyl (C=O) groups is 1. The van der Waals surface area contributed by atoms with Crippen molar-refractivity contribution in [1.29, 1.82) is 0 Å². The van der Waals surface area contributed by atoms with Gasteiger partial charge in [-0.25, -0.2) is 13.8 Å². The lowest BCUT2D eigenvalue weighted by Gasteiger charge is -2.20. The van der Waals surface area contributed by atoms with Gasteiger partial charge in [0.1, 0.15) is 16.7 Å². The zero-order valence-electron chi connectivity index (χ0n) is 18.0. The van der Waals surface area contributed by atoms with Gasteiger partial charge in [-0.1, -0.05) is 12.1 Å². The minimum absolute atomic E-state index is 0.00194. The molecule has 1 saturated heterocycles. The Hall–Kier alpha value is -3.27. The van der Waals surface area contributed by atoms with E-state index in [2.05, 4.69) is 20.2 Å². The van der Waals surface area contributed by atoms with E-state index in [1.54, 1.807) is 24.0 Å². The van der Waals surface area contributed by atoms with Crippen LogP contribution in [0, 0.1) is 0 Å². The molecule has 10 heteroatoms. The number of alkyl halides is 2. The number of nitrogens with zero attached hydrogens (tertiary/aromatic N) is 3. The first-order chi connectivity index (χ1) is 16.0. The highest BCUT2D eigenvalue weighted by molar-refractivity contribution is 7.11. The number of hydrogen-bond donors (Lipinski definition) is 1. The summed E-state index contributed by atoms with van der Waals surface area (Å²) in [7, 11) is 0. The van der Waals surface area contributed by atoms with Crippen molar-refractivity contribution in [3.63, 3.8) is 0 Å². The van der Waals surface area contributed by atoms with Crippen molar-refractivity contribution in [1.82, 2.24) is 15.3 Å². The van der Waals surface area contributed by atoms with E-state index in [-0.39, 0.29) is 23.9 Å². The largest absolute Gasteiger partial charge is 0.489 e. The number of aromatic nitrogens is 2. The average molecular weight is 475 g/mol. The molecular formula is C23H24F2N4O3S. The first kappa shape index (κ1) is 22.9. The van der Waals surface area contributed by atoms with Crippen LogP contribution in [0.1, 0.15) is 34.6 Å². The second kappa shape index (κ2) is 10.6. The minimum atomic E-state index is -2.54. The topological polar surface area (TPSA) is 76.6 Å². The molecule has 3 aromatic rings. The van der Waals surface area contributed by atoms with Crippen LogP contribution in [0.25, 0.3) is 0 Å². The molecule has 1 N–H and O–H groups in total. The number of halogens is 2. The van der Waals surface area contributed by atoms with Gasteiger partial charge in [0.2, 0.25) is 5.88 Å². The molecule has 0 saturated carbocycles. The van der Waals surface area contributed by atoms with E-state index < -0.39 is 13.0 Å². The van der Waals surface area contributed by atoms with Crippen LogP contribution < -0.4 is 19.7 Å². The molecule has 0 bridgehead atoms. The van der Waals surface area contributed by atoms with Gasteiger partial charge >= 0.3 is 0 Å². The van der Waals surface area contributed by atoms with Crippen LogP contribution in [0.3, 0.4) is 0 Å². The lowest BCUT2D eigenvalue weighted by atomic mass is 10.1. The van der Waals surface area contributed by atoms with Gasteiger partial charge in [-0.15, -0.1) is 11.3 Å². The molecule has 1 unspecified atom stereocenters. The molecule has 0 radical (unpaired) electrons. The molecule has 2 aromatic heterocycles. The number of hydrogen-bond acceptors (Lipinski definition) is 7. The van der Waals surface area contributed by atoms with Crippen LogP contribution in [0.15, 0.2) is 54.3 Å². The van der Waals surface area contributed by atoms with Crippen molar-refractivity contribution in [2.45, 2.75) is 31.9 Å². The van der Waals surface area contributed by atoms with Gasteiger partial charge in [0.15, 0.2) is 6.61 Å². The molecule has 3 heterocycles. The van der Waals surface area contributed by atoms with E-state index >= 15 is 0 Å². The fourth-order valence-electron chi connectivity index (χ4n) is 3.59. The Morgan fingerprint density at radius 2 is 2.12 bits per heavy atom. The number of thiazole rings is 1. The van der Waals surface area contributed by atoms with Crippen LogP contribution in [0.4, 0.5) is 14.5 Å². The maximum atomic E-state index is 12.4. The second-order valence-electron chi connectivity index (χ2n) is 7.66. The lowest BCUT2D eigenvalue weighted by Crippen LogP contribution is -2.26. The molecular weight excluding hydrogens is 450 g/mol. The third-order valence-electron chi connectivity index (χ3n) is 5.27. The Morgan fingerprint density at radius 3 is 2.85 bits per heavy atom. The molecule has 1 aliphatic heterocycles. The monoisotopic (exact) mass is 474 g/mol. The lowest BCUT2D eigenvalue weighted by molar-refractivity contribution is 0.0796. The minimum Gasteiger partial charge on any atom is -0.489 e. The number of rotatable bonds is 9. The van der Waals surface area contributed by atoms with Crippen LogP contribution in [-0.2, 0) is 0 Å². The third-order valence-corrected chi connectivity index (χ3v) is 6.04. The molecule has 1 aliphatic rings. The number of nitrogens with one attached hydrogen (secondary N) is 1. The van der Waals surface area contributed by atoms with Gasteiger partial charge in [0.05, 0.1) is 24.3 Å². The second-order valence-corrected chi connectivity index (χ2v) is 8.55. The molecule has 33 heavy (non-hydrogen) atoms. The highest BCUT2D eigenvalue weighted by Crippen LogP contribution is 2.26. The molecule has 1 fully saturated rings. The standard InChI is InChI=1S/C23H24F2N4O3S/c1-15(28-23(30)20-11-26-14-33-20)16-2-4-18(5-3-16)32-19-7-9-29(12-19)17-6-8-27-22(10-17)31-13-21(24)25/h2-6,8,10-11,14-15,19,21H,7,9,12-13H2,1H3,(H,28,30)/t15-,19?/m0/s1. The Kier molecular flexibility index (Phi) is 7.33. The van der Waals surface area contributed by atoms with Crippen molar-refractivity contribution >= 4 is 22.9 Å². The van der Waals surface area contributed by atoms with Crippen LogP contribution in [0.5, 0.6) is 11.6 Å². The van der Waals surface area contributed by atoms with Gasteiger partial charge < -0.3 is 19.7 Å². The summed E-state index contributed by atoms with van der Waals surface area (Å²) in [6.07, 6.45) is 1.40. The normalized spacial score (nSPS) is 16.6. The third kappa shape index (κ3) is 6.16. The maximum absolute atomic E-state index is 12.4. The van der Waals surface area contributed by atoms with E-state index in [1.807, 2.05) is 37.3 Å². The van der Waals surface area contributed by atoms with E-state index in [0.29, 0.717) is 11.4 Å². The first-order valence-corrected chi connectivity index (χ1v) is 11.4. The molecule has 4 rings (SSSR count).